The minimum absolute atomic E-state index is 0.0138. The lowest BCUT2D eigenvalue weighted by molar-refractivity contribution is -0.121. The van der Waals surface area contributed by atoms with Crippen molar-refractivity contribution >= 4 is 33.9 Å². The summed E-state index contributed by atoms with van der Waals surface area (Å²) in [5.41, 5.74) is 5.16. The second-order valence-corrected chi connectivity index (χ2v) is 7.70. The Hall–Kier alpha value is -4.39. The number of phenols is 1. The van der Waals surface area contributed by atoms with Crippen LogP contribution in [0.1, 0.15) is 18.1 Å². The first kappa shape index (κ1) is 22.8. The first-order valence-corrected chi connectivity index (χ1v) is 10.9. The molecule has 0 radical (unpaired) electrons. The lowest BCUT2D eigenvalue weighted by atomic mass is 10.1. The summed E-state index contributed by atoms with van der Waals surface area (Å²) in [6.07, 6.45) is 3.65. The van der Waals surface area contributed by atoms with E-state index in [9.17, 15) is 14.7 Å². The largest absolute Gasteiger partial charge is 0.504 e. The molecule has 0 saturated heterocycles. The van der Waals surface area contributed by atoms with Crippen LogP contribution >= 0.6 is 0 Å². The number of pyridine rings is 1. The number of hydrogen-bond acceptors (Lipinski definition) is 5. The van der Waals surface area contributed by atoms with Gasteiger partial charge in [0.2, 0.25) is 0 Å². The number of carbonyl (C=O) groups excluding carboxylic acids is 1. The molecule has 34 heavy (non-hydrogen) atoms. The Bertz CT molecular complexity index is 1410. The van der Waals surface area contributed by atoms with Gasteiger partial charge in [-0.25, -0.2) is 5.43 Å². The highest BCUT2D eigenvalue weighted by Crippen LogP contribution is 2.32. The van der Waals surface area contributed by atoms with Crippen LogP contribution in [-0.4, -0.2) is 28.4 Å². The SMILES string of the molecule is C=CCc1cc(/C=N/NC(=O)Cn2c3ccccc3c(=O)c3ccccc32)cc(OCC)c1O. The van der Waals surface area contributed by atoms with Crippen LogP contribution in [0.25, 0.3) is 21.8 Å². The van der Waals surface area contributed by atoms with Crippen molar-refractivity contribution in [2.45, 2.75) is 19.9 Å². The lowest BCUT2D eigenvalue weighted by Crippen LogP contribution is -2.25. The van der Waals surface area contributed by atoms with Crippen LogP contribution in [0.3, 0.4) is 0 Å². The van der Waals surface area contributed by atoms with Gasteiger partial charge in [-0.15, -0.1) is 6.58 Å². The highest BCUT2D eigenvalue weighted by Gasteiger charge is 2.13. The standard InChI is InChI=1S/C27H25N3O4/c1-3-9-19-14-18(15-24(26(19)32)34-4-2)16-28-29-25(31)17-30-22-12-7-5-10-20(22)27(33)21-11-6-8-13-23(21)30/h3,5-8,10-16,32H,1,4,9,17H2,2H3,(H,29,31)/b28-16+. The van der Waals surface area contributed by atoms with Gasteiger partial charge in [-0.2, -0.15) is 5.10 Å². The van der Waals surface area contributed by atoms with Gasteiger partial charge in [0.25, 0.3) is 5.91 Å². The molecule has 0 fully saturated rings. The molecule has 1 aromatic heterocycles. The van der Waals surface area contributed by atoms with E-state index >= 15 is 0 Å². The fraction of sp³-hybridized carbons (Fsp3) is 0.148. The van der Waals surface area contributed by atoms with Crippen LogP contribution in [-0.2, 0) is 17.8 Å². The first-order chi connectivity index (χ1) is 16.5. The summed E-state index contributed by atoms with van der Waals surface area (Å²) in [4.78, 5) is 25.6. The maximum Gasteiger partial charge on any atom is 0.260 e. The molecular formula is C27H25N3O4. The van der Waals surface area contributed by atoms with E-state index in [1.54, 1.807) is 30.3 Å². The number of allylic oxidation sites excluding steroid dienone is 1. The summed E-state index contributed by atoms with van der Waals surface area (Å²) in [6, 6.07) is 17.9. The van der Waals surface area contributed by atoms with Crippen LogP contribution < -0.4 is 15.6 Å². The number of aromatic hydroxyl groups is 1. The van der Waals surface area contributed by atoms with Crippen molar-refractivity contribution in [2.75, 3.05) is 6.61 Å². The van der Waals surface area contributed by atoms with Gasteiger partial charge in [-0.1, -0.05) is 30.3 Å². The Labute approximate surface area is 196 Å². The zero-order chi connectivity index (χ0) is 24.1. The number of rotatable bonds is 8. The van der Waals surface area contributed by atoms with Gasteiger partial charge in [0.15, 0.2) is 16.9 Å². The maximum absolute atomic E-state index is 12.9. The number of carbonyl (C=O) groups is 1. The molecule has 172 valence electrons. The topological polar surface area (TPSA) is 92.9 Å². The molecule has 0 aliphatic heterocycles. The summed E-state index contributed by atoms with van der Waals surface area (Å²) in [7, 11) is 0. The van der Waals surface area contributed by atoms with Crippen LogP contribution in [0.2, 0.25) is 0 Å². The van der Waals surface area contributed by atoms with Gasteiger partial charge in [0.05, 0.1) is 23.9 Å². The average molecular weight is 456 g/mol. The van der Waals surface area contributed by atoms with Crippen molar-refractivity contribution in [3.05, 3.63) is 94.7 Å². The number of hydrogen-bond donors (Lipinski definition) is 2. The Morgan fingerprint density at radius 1 is 1.12 bits per heavy atom. The summed E-state index contributed by atoms with van der Waals surface area (Å²) in [5, 5.41) is 15.5. The van der Waals surface area contributed by atoms with Gasteiger partial charge in [-0.05, 0) is 55.3 Å². The van der Waals surface area contributed by atoms with E-state index < -0.39 is 0 Å². The molecule has 1 amide bonds. The second kappa shape index (κ2) is 10.0. The third-order valence-corrected chi connectivity index (χ3v) is 5.42. The average Bonchev–Trinajstić information content (AvgIpc) is 2.85. The number of hydrazone groups is 1. The fourth-order valence-corrected chi connectivity index (χ4v) is 3.95. The monoisotopic (exact) mass is 455 g/mol. The molecule has 0 aliphatic carbocycles. The van der Waals surface area contributed by atoms with Crippen LogP contribution in [0.5, 0.6) is 11.5 Å². The molecule has 2 N–H and O–H groups in total. The van der Waals surface area contributed by atoms with E-state index in [-0.39, 0.29) is 23.6 Å². The molecule has 7 nitrogen and oxygen atoms in total. The number of phenolic OH excluding ortho intramolecular Hbond substituents is 1. The quantitative estimate of drug-likeness (QED) is 0.181. The normalized spacial score (nSPS) is 11.2. The van der Waals surface area contributed by atoms with Gasteiger partial charge in [0, 0.05) is 16.3 Å². The van der Waals surface area contributed by atoms with Crippen LogP contribution in [0.4, 0.5) is 0 Å². The maximum atomic E-state index is 12.9. The Balaban J connectivity index is 1.60. The van der Waals surface area contributed by atoms with E-state index in [4.69, 9.17) is 4.74 Å². The predicted octanol–water partition coefficient (Wildman–Crippen LogP) is 4.14. The Kier molecular flexibility index (Phi) is 6.73. The molecule has 0 saturated carbocycles. The van der Waals surface area contributed by atoms with E-state index in [1.807, 2.05) is 47.9 Å². The zero-order valence-corrected chi connectivity index (χ0v) is 18.8. The van der Waals surface area contributed by atoms with Gasteiger partial charge >= 0.3 is 0 Å². The highest BCUT2D eigenvalue weighted by molar-refractivity contribution is 5.95. The minimum Gasteiger partial charge on any atom is -0.504 e. The van der Waals surface area contributed by atoms with E-state index in [0.717, 1.165) is 0 Å². The lowest BCUT2D eigenvalue weighted by Gasteiger charge is -2.14. The number of fused-ring (bicyclic) bond motifs is 2. The third kappa shape index (κ3) is 4.54. The Morgan fingerprint density at radius 3 is 2.38 bits per heavy atom. The van der Waals surface area contributed by atoms with E-state index in [2.05, 4.69) is 17.1 Å². The van der Waals surface area contributed by atoms with E-state index in [0.29, 0.717) is 51.7 Å². The number of para-hydroxylation sites is 2. The van der Waals surface area contributed by atoms with Crippen molar-refractivity contribution in [1.82, 2.24) is 9.99 Å². The smallest absolute Gasteiger partial charge is 0.260 e. The van der Waals surface area contributed by atoms with Gasteiger partial charge in [-0.3, -0.25) is 9.59 Å². The molecule has 4 rings (SSSR count). The zero-order valence-electron chi connectivity index (χ0n) is 18.8. The first-order valence-electron chi connectivity index (χ1n) is 10.9. The van der Waals surface area contributed by atoms with Gasteiger partial charge < -0.3 is 14.4 Å². The van der Waals surface area contributed by atoms with Crippen molar-refractivity contribution in [3.8, 4) is 11.5 Å². The van der Waals surface area contributed by atoms with Crippen molar-refractivity contribution < 1.29 is 14.6 Å². The molecule has 3 aromatic carbocycles. The predicted molar refractivity (Wildman–Crippen MR) is 135 cm³/mol. The van der Waals surface area contributed by atoms with Crippen molar-refractivity contribution in [3.63, 3.8) is 0 Å². The van der Waals surface area contributed by atoms with Crippen molar-refractivity contribution in [2.24, 2.45) is 5.10 Å². The fourth-order valence-electron chi connectivity index (χ4n) is 3.95. The number of nitrogens with one attached hydrogen (secondary N) is 1. The Morgan fingerprint density at radius 2 is 1.76 bits per heavy atom. The molecule has 4 aromatic rings. The molecule has 0 bridgehead atoms. The summed E-state index contributed by atoms with van der Waals surface area (Å²) in [6.45, 7) is 5.93. The molecule has 0 spiro atoms. The molecule has 7 heteroatoms. The minimum atomic E-state index is -0.342. The van der Waals surface area contributed by atoms with Gasteiger partial charge in [0.1, 0.15) is 6.54 Å². The summed E-state index contributed by atoms with van der Waals surface area (Å²) in [5.74, 6) is 0.0751. The highest BCUT2D eigenvalue weighted by atomic mass is 16.5. The number of benzene rings is 3. The summed E-state index contributed by atoms with van der Waals surface area (Å²) >= 11 is 0. The molecule has 1 heterocycles. The summed E-state index contributed by atoms with van der Waals surface area (Å²) < 4.78 is 7.31. The molecule has 0 unspecified atom stereocenters. The molecule has 0 aliphatic rings. The van der Waals surface area contributed by atoms with Crippen LogP contribution in [0, 0.1) is 0 Å². The van der Waals surface area contributed by atoms with Crippen LogP contribution in [0.15, 0.2) is 83.2 Å². The third-order valence-electron chi connectivity index (χ3n) is 5.42. The second-order valence-electron chi connectivity index (χ2n) is 7.70. The molecule has 0 atom stereocenters. The number of nitrogens with zero attached hydrogens (tertiary/aromatic N) is 2. The number of amides is 1. The van der Waals surface area contributed by atoms with Crippen molar-refractivity contribution in [1.29, 1.82) is 0 Å². The molecular weight excluding hydrogens is 430 g/mol. The number of ether oxygens (including phenoxy) is 1. The van der Waals surface area contributed by atoms with E-state index in [1.165, 1.54) is 6.21 Å². The number of aromatic nitrogens is 1.